The van der Waals surface area contributed by atoms with Crippen LogP contribution in [-0.2, 0) is 12.8 Å². The van der Waals surface area contributed by atoms with Gasteiger partial charge < -0.3 is 0 Å². The van der Waals surface area contributed by atoms with Crippen LogP contribution in [0, 0.1) is 67.9 Å². The van der Waals surface area contributed by atoms with E-state index in [9.17, 15) is 8.78 Å². The van der Waals surface area contributed by atoms with Gasteiger partial charge in [0.05, 0.1) is 0 Å². The first-order chi connectivity index (χ1) is 19.2. The number of hydrogen-bond donors (Lipinski definition) is 0. The lowest BCUT2D eigenvalue weighted by Crippen LogP contribution is -2.24. The molecule has 0 aliphatic heterocycles. The van der Waals surface area contributed by atoms with Crippen LogP contribution in [0.25, 0.3) is 0 Å². The molecule has 0 spiro atoms. The van der Waals surface area contributed by atoms with Gasteiger partial charge in [0.2, 0.25) is 0 Å². The molecule has 0 N–H and O–H groups in total. The Hall–Kier alpha value is -1.22. The molecule has 3 aliphatic carbocycles. The van der Waals surface area contributed by atoms with Crippen LogP contribution < -0.4 is 0 Å². The summed E-state index contributed by atoms with van der Waals surface area (Å²) in [5.74, 6) is 4.42. The van der Waals surface area contributed by atoms with Crippen LogP contribution in [0.3, 0.4) is 0 Å². The van der Waals surface area contributed by atoms with Gasteiger partial charge in [-0.1, -0.05) is 67.3 Å². The second-order valence-electron chi connectivity index (χ2n) is 14.2. The van der Waals surface area contributed by atoms with Gasteiger partial charge in [-0.3, -0.25) is 0 Å². The number of benzene rings is 2. The number of rotatable bonds is 8. The van der Waals surface area contributed by atoms with Gasteiger partial charge in [0.15, 0.2) is 0 Å². The lowest BCUT2D eigenvalue weighted by Gasteiger charge is -2.36. The topological polar surface area (TPSA) is 0 Å². The quantitative estimate of drug-likeness (QED) is 0.278. The molecule has 0 saturated heterocycles. The van der Waals surface area contributed by atoms with E-state index in [-0.39, 0.29) is 5.56 Å². The Labute approximate surface area is 251 Å². The summed E-state index contributed by atoms with van der Waals surface area (Å²) < 4.78 is 29.1. The minimum absolute atomic E-state index is 0.146. The molecule has 3 heteroatoms. The van der Waals surface area contributed by atoms with E-state index in [2.05, 4.69) is 41.9 Å². The molecule has 40 heavy (non-hydrogen) atoms. The average molecular weight is 614 g/mol. The fraction of sp³-hybridized carbons (Fsp3) is 0.676. The molecule has 0 amide bonds. The summed E-state index contributed by atoms with van der Waals surface area (Å²) in [7, 11) is 0. The van der Waals surface area contributed by atoms with Gasteiger partial charge in [-0.25, -0.2) is 8.78 Å². The molecule has 0 unspecified atom stereocenters. The van der Waals surface area contributed by atoms with E-state index in [1.165, 1.54) is 119 Å². The Balaban J connectivity index is 0.974. The zero-order valence-corrected chi connectivity index (χ0v) is 26.8. The van der Waals surface area contributed by atoms with Gasteiger partial charge >= 0.3 is 0 Å². The fourth-order valence-electron chi connectivity index (χ4n) is 8.69. The highest BCUT2D eigenvalue weighted by Gasteiger charge is 2.30. The van der Waals surface area contributed by atoms with Gasteiger partial charge in [-0.15, -0.1) is 0 Å². The third kappa shape index (κ3) is 7.99. The first-order valence-electron chi connectivity index (χ1n) is 16.4. The Bertz CT molecular complexity index is 1070. The number of halogens is 3. The van der Waals surface area contributed by atoms with Crippen molar-refractivity contribution in [3.8, 4) is 0 Å². The lowest BCUT2D eigenvalue weighted by atomic mass is 9.69. The van der Waals surface area contributed by atoms with Crippen molar-refractivity contribution in [2.75, 3.05) is 0 Å². The first kappa shape index (κ1) is 30.2. The molecular weight excluding hydrogens is 562 g/mol. The van der Waals surface area contributed by atoms with Gasteiger partial charge in [-0.2, -0.15) is 0 Å². The molecule has 0 nitrogen and oxygen atoms in total. The fourth-order valence-corrected chi connectivity index (χ4v) is 9.38. The van der Waals surface area contributed by atoms with Crippen molar-refractivity contribution in [2.24, 2.45) is 35.5 Å². The Morgan fingerprint density at radius 3 is 1.30 bits per heavy atom. The molecule has 220 valence electrons. The molecule has 3 fully saturated rings. The van der Waals surface area contributed by atoms with Gasteiger partial charge in [0, 0.05) is 10.0 Å². The van der Waals surface area contributed by atoms with Crippen LogP contribution in [0.2, 0.25) is 0 Å². The summed E-state index contributed by atoms with van der Waals surface area (Å²) in [4.78, 5) is 0. The molecular formula is C37H51BrF2. The van der Waals surface area contributed by atoms with Crippen LogP contribution in [0.1, 0.15) is 118 Å². The second-order valence-corrected chi connectivity index (χ2v) is 15.2. The highest BCUT2D eigenvalue weighted by molar-refractivity contribution is 9.10. The van der Waals surface area contributed by atoms with Crippen molar-refractivity contribution in [3.05, 3.63) is 68.2 Å². The van der Waals surface area contributed by atoms with E-state index < -0.39 is 11.6 Å². The van der Waals surface area contributed by atoms with E-state index in [0.717, 1.165) is 41.6 Å². The Kier molecular flexibility index (Phi) is 10.5. The standard InChI is InChI=1S/C37H51BrF2/c1-24-16-34(38)17-25(2)35(24)21-32-14-12-30(13-15-32)19-28-6-4-27(5-7-28)18-29-8-10-31(11-9-29)20-33-22-36(39)26(3)37(40)23-33/h16-17,22-23,27-32H,4-15,18-21H2,1-3H3. The number of aryl methyl sites for hydroxylation is 2. The Morgan fingerprint density at radius 1 is 0.550 bits per heavy atom. The predicted octanol–water partition coefficient (Wildman–Crippen LogP) is 11.6. The highest BCUT2D eigenvalue weighted by atomic mass is 79.9. The average Bonchev–Trinajstić information content (AvgIpc) is 2.92. The van der Waals surface area contributed by atoms with Crippen LogP contribution >= 0.6 is 15.9 Å². The summed E-state index contributed by atoms with van der Waals surface area (Å²) >= 11 is 3.65. The van der Waals surface area contributed by atoms with Crippen LogP contribution in [0.5, 0.6) is 0 Å². The van der Waals surface area contributed by atoms with Crippen molar-refractivity contribution in [1.29, 1.82) is 0 Å². The predicted molar refractivity (Wildman–Crippen MR) is 168 cm³/mol. The molecule has 0 radical (unpaired) electrons. The summed E-state index contributed by atoms with van der Waals surface area (Å²) in [5.41, 5.74) is 5.48. The zero-order valence-electron chi connectivity index (χ0n) is 25.2. The zero-order chi connectivity index (χ0) is 28.2. The third-order valence-electron chi connectivity index (χ3n) is 11.3. The van der Waals surface area contributed by atoms with Gasteiger partial charge in [0.25, 0.3) is 0 Å². The molecule has 3 saturated carbocycles. The summed E-state index contributed by atoms with van der Waals surface area (Å²) in [5, 5.41) is 0. The van der Waals surface area contributed by atoms with Crippen molar-refractivity contribution in [3.63, 3.8) is 0 Å². The van der Waals surface area contributed by atoms with E-state index >= 15 is 0 Å². The maximum absolute atomic E-state index is 14.0. The Morgan fingerprint density at radius 2 is 0.900 bits per heavy atom. The maximum atomic E-state index is 14.0. The van der Waals surface area contributed by atoms with Crippen LogP contribution in [0.4, 0.5) is 8.78 Å². The third-order valence-corrected chi connectivity index (χ3v) is 11.7. The molecule has 3 aliphatic rings. The van der Waals surface area contributed by atoms with Crippen molar-refractivity contribution < 1.29 is 8.78 Å². The molecule has 0 aromatic heterocycles. The van der Waals surface area contributed by atoms with Crippen molar-refractivity contribution >= 4 is 15.9 Å². The molecule has 0 bridgehead atoms. The second kappa shape index (κ2) is 13.8. The largest absolute Gasteiger partial charge is 0.207 e. The van der Waals surface area contributed by atoms with E-state index in [0.29, 0.717) is 5.92 Å². The van der Waals surface area contributed by atoms with Crippen LogP contribution in [0.15, 0.2) is 28.7 Å². The van der Waals surface area contributed by atoms with Crippen molar-refractivity contribution in [1.82, 2.24) is 0 Å². The van der Waals surface area contributed by atoms with Gasteiger partial charge in [0.1, 0.15) is 11.6 Å². The number of hydrogen-bond acceptors (Lipinski definition) is 0. The first-order valence-corrected chi connectivity index (χ1v) is 17.2. The summed E-state index contributed by atoms with van der Waals surface area (Å²) in [6.07, 6.45) is 21.6. The van der Waals surface area contributed by atoms with Gasteiger partial charge in [-0.05, 0) is 154 Å². The van der Waals surface area contributed by atoms with Crippen LogP contribution in [-0.4, -0.2) is 0 Å². The van der Waals surface area contributed by atoms with E-state index in [1.54, 1.807) is 17.7 Å². The SMILES string of the molecule is Cc1cc(Br)cc(C)c1CC1CCC(CC2CCC(CC3CCC(Cc4cc(F)c(C)c(F)c4)CC3)CC2)CC1. The molecule has 2 aromatic carbocycles. The minimum atomic E-state index is -0.395. The minimum Gasteiger partial charge on any atom is -0.207 e. The smallest absolute Gasteiger partial charge is 0.129 e. The molecule has 5 rings (SSSR count). The lowest BCUT2D eigenvalue weighted by molar-refractivity contribution is 0.164. The monoisotopic (exact) mass is 612 g/mol. The summed E-state index contributed by atoms with van der Waals surface area (Å²) in [6.45, 7) is 6.07. The molecule has 2 aromatic rings. The highest BCUT2D eigenvalue weighted by Crippen LogP contribution is 2.43. The molecule has 0 atom stereocenters. The van der Waals surface area contributed by atoms with Crippen molar-refractivity contribution in [2.45, 2.75) is 124 Å². The molecule has 0 heterocycles. The van der Waals surface area contributed by atoms with E-state index in [1.807, 2.05) is 0 Å². The normalized spacial score (nSPS) is 29.4. The van der Waals surface area contributed by atoms with E-state index in [4.69, 9.17) is 0 Å². The maximum Gasteiger partial charge on any atom is 0.129 e. The summed E-state index contributed by atoms with van der Waals surface area (Å²) in [6, 6.07) is 7.68.